The molecule has 0 aliphatic heterocycles. The molecule has 0 fully saturated rings. The molecule has 4 aromatic rings. The van der Waals surface area contributed by atoms with E-state index in [1.165, 1.54) is 10.6 Å². The van der Waals surface area contributed by atoms with Gasteiger partial charge in [-0.05, 0) is 36.4 Å². The number of aromatic amines is 1. The third-order valence-corrected chi connectivity index (χ3v) is 5.35. The Kier molecular flexibility index (Phi) is 5.38. The molecule has 0 aliphatic carbocycles. The fourth-order valence-electron chi connectivity index (χ4n) is 3.10. The summed E-state index contributed by atoms with van der Waals surface area (Å²) in [6.07, 6.45) is 1.10. The van der Waals surface area contributed by atoms with E-state index in [-0.39, 0.29) is 5.56 Å². The average molecular weight is 395 g/mol. The number of benzene rings is 1. The number of H-pyrrole nitrogens is 1. The smallest absolute Gasteiger partial charge is 0.274 e. The molecule has 0 unspecified atom stereocenters. The lowest BCUT2D eigenvalue weighted by molar-refractivity contribution is -0.142. The van der Waals surface area contributed by atoms with Crippen molar-refractivity contribution in [2.24, 2.45) is 0 Å². The second-order valence-corrected chi connectivity index (χ2v) is 7.10. The van der Waals surface area contributed by atoms with Crippen LogP contribution in [0.15, 0.2) is 58.8 Å². The first-order valence-electron chi connectivity index (χ1n) is 9.19. The van der Waals surface area contributed by atoms with Gasteiger partial charge in [0.1, 0.15) is 5.65 Å². The quantitative estimate of drug-likeness (QED) is 0.468. The molecule has 7 heteroatoms. The van der Waals surface area contributed by atoms with Crippen LogP contribution in [0.25, 0.3) is 27.2 Å². The molecule has 6 nitrogen and oxygen atoms in total. The molecule has 144 valence electrons. The Labute approximate surface area is 166 Å². The first-order chi connectivity index (χ1) is 13.7. The summed E-state index contributed by atoms with van der Waals surface area (Å²) >= 11 is 1.62. The molecule has 0 saturated heterocycles. The van der Waals surface area contributed by atoms with E-state index in [4.69, 9.17) is 9.47 Å². The molecule has 28 heavy (non-hydrogen) atoms. The SMILES string of the molecule is CCOC(OCC)c1cc(=O)n2ncc(-c3cc(-c4ccccc4)cs3)c2[nH]1. The molecule has 1 N–H and O–H groups in total. The summed E-state index contributed by atoms with van der Waals surface area (Å²) in [5, 5.41) is 6.38. The van der Waals surface area contributed by atoms with E-state index in [1.807, 2.05) is 32.0 Å². The largest absolute Gasteiger partial charge is 0.347 e. The first-order valence-corrected chi connectivity index (χ1v) is 10.1. The summed E-state index contributed by atoms with van der Waals surface area (Å²) in [5.74, 6) is 0. The van der Waals surface area contributed by atoms with Crippen LogP contribution in [0.4, 0.5) is 0 Å². The van der Waals surface area contributed by atoms with Crippen molar-refractivity contribution in [2.75, 3.05) is 13.2 Å². The number of hydrogen-bond donors (Lipinski definition) is 1. The monoisotopic (exact) mass is 395 g/mol. The van der Waals surface area contributed by atoms with E-state index in [9.17, 15) is 4.79 Å². The molecule has 1 aromatic carbocycles. The summed E-state index contributed by atoms with van der Waals surface area (Å²) in [6, 6.07) is 13.8. The number of fused-ring (bicyclic) bond motifs is 1. The lowest BCUT2D eigenvalue weighted by atomic mass is 10.1. The van der Waals surface area contributed by atoms with E-state index in [2.05, 4.69) is 33.7 Å². The molecule has 3 heterocycles. The maximum atomic E-state index is 12.6. The van der Waals surface area contributed by atoms with Gasteiger partial charge in [0, 0.05) is 24.2 Å². The van der Waals surface area contributed by atoms with Crippen molar-refractivity contribution in [3.05, 3.63) is 70.1 Å². The van der Waals surface area contributed by atoms with Gasteiger partial charge in [-0.15, -0.1) is 11.3 Å². The van der Waals surface area contributed by atoms with Gasteiger partial charge in [-0.25, -0.2) is 0 Å². The second kappa shape index (κ2) is 8.10. The summed E-state index contributed by atoms with van der Waals surface area (Å²) in [6.45, 7) is 4.75. The predicted octanol–water partition coefficient (Wildman–Crippen LogP) is 4.49. The van der Waals surface area contributed by atoms with Crippen LogP contribution >= 0.6 is 11.3 Å². The molecule has 0 amide bonds. The summed E-state index contributed by atoms with van der Waals surface area (Å²) in [4.78, 5) is 16.9. The van der Waals surface area contributed by atoms with E-state index >= 15 is 0 Å². The lowest BCUT2D eigenvalue weighted by Crippen LogP contribution is -2.19. The van der Waals surface area contributed by atoms with Gasteiger partial charge in [0.2, 0.25) is 0 Å². The van der Waals surface area contributed by atoms with Crippen LogP contribution < -0.4 is 5.56 Å². The van der Waals surface area contributed by atoms with Gasteiger partial charge in [-0.3, -0.25) is 4.79 Å². The Hall–Kier alpha value is -2.74. The van der Waals surface area contributed by atoms with Gasteiger partial charge in [0.15, 0.2) is 6.29 Å². The van der Waals surface area contributed by atoms with Gasteiger partial charge in [0.25, 0.3) is 5.56 Å². The highest BCUT2D eigenvalue weighted by atomic mass is 32.1. The molecule has 0 aliphatic rings. The Balaban J connectivity index is 1.78. The standard InChI is InChI=1S/C21H21N3O3S/c1-3-26-21(27-4-2)17-11-19(25)24-20(23-17)16(12-22-24)18-10-15(13-28-18)14-8-6-5-7-9-14/h5-13,21,23H,3-4H2,1-2H3. The molecule has 3 aromatic heterocycles. The normalized spacial score (nSPS) is 11.5. The number of aromatic nitrogens is 3. The number of ether oxygens (including phenoxy) is 2. The first kappa shape index (κ1) is 18.6. The van der Waals surface area contributed by atoms with Gasteiger partial charge in [-0.1, -0.05) is 30.3 Å². The number of thiophene rings is 1. The number of rotatable bonds is 7. The minimum atomic E-state index is -0.612. The van der Waals surface area contributed by atoms with E-state index in [1.54, 1.807) is 17.5 Å². The van der Waals surface area contributed by atoms with Gasteiger partial charge >= 0.3 is 0 Å². The zero-order chi connectivity index (χ0) is 19.5. The minimum Gasteiger partial charge on any atom is -0.347 e. The van der Waals surface area contributed by atoms with Gasteiger partial charge in [0.05, 0.1) is 17.5 Å². The van der Waals surface area contributed by atoms with Crippen molar-refractivity contribution < 1.29 is 9.47 Å². The van der Waals surface area contributed by atoms with Gasteiger partial charge < -0.3 is 14.5 Å². The fourth-order valence-corrected chi connectivity index (χ4v) is 4.03. The van der Waals surface area contributed by atoms with Crippen molar-refractivity contribution in [3.63, 3.8) is 0 Å². The third kappa shape index (κ3) is 3.52. The summed E-state index contributed by atoms with van der Waals surface area (Å²) < 4.78 is 12.6. The number of hydrogen-bond acceptors (Lipinski definition) is 5. The molecule has 4 rings (SSSR count). The topological polar surface area (TPSA) is 68.6 Å². The lowest BCUT2D eigenvalue weighted by Gasteiger charge is -2.17. The van der Waals surface area contributed by atoms with Crippen molar-refractivity contribution in [1.29, 1.82) is 0 Å². The van der Waals surface area contributed by atoms with Crippen LogP contribution in [0.1, 0.15) is 25.8 Å². The van der Waals surface area contributed by atoms with Crippen molar-refractivity contribution >= 4 is 17.0 Å². The summed E-state index contributed by atoms with van der Waals surface area (Å²) in [7, 11) is 0. The molecule has 0 atom stereocenters. The van der Waals surface area contributed by atoms with Crippen LogP contribution in [-0.2, 0) is 9.47 Å². The van der Waals surface area contributed by atoms with Crippen LogP contribution in [-0.4, -0.2) is 27.8 Å². The molecule has 0 spiro atoms. The van der Waals surface area contributed by atoms with E-state index in [0.717, 1.165) is 21.6 Å². The number of nitrogens with one attached hydrogen (secondary N) is 1. The van der Waals surface area contributed by atoms with Crippen molar-refractivity contribution in [2.45, 2.75) is 20.1 Å². The molecule has 0 saturated carbocycles. The fraction of sp³-hybridized carbons (Fsp3) is 0.238. The summed E-state index contributed by atoms with van der Waals surface area (Å²) in [5.41, 5.74) is 4.16. The van der Waals surface area contributed by atoms with E-state index in [0.29, 0.717) is 24.6 Å². The average Bonchev–Trinajstić information content (AvgIpc) is 3.35. The maximum absolute atomic E-state index is 12.6. The molecular formula is C21H21N3O3S. The van der Waals surface area contributed by atoms with Crippen LogP contribution in [0.5, 0.6) is 0 Å². The third-order valence-electron chi connectivity index (χ3n) is 4.38. The predicted molar refractivity (Wildman–Crippen MR) is 111 cm³/mol. The van der Waals surface area contributed by atoms with Gasteiger partial charge in [-0.2, -0.15) is 9.61 Å². The maximum Gasteiger partial charge on any atom is 0.274 e. The highest BCUT2D eigenvalue weighted by Crippen LogP contribution is 2.34. The van der Waals surface area contributed by atoms with Crippen LogP contribution in [0.2, 0.25) is 0 Å². The molecular weight excluding hydrogens is 374 g/mol. The Morgan fingerprint density at radius 3 is 2.57 bits per heavy atom. The second-order valence-electron chi connectivity index (χ2n) is 6.19. The van der Waals surface area contributed by atoms with Crippen LogP contribution in [0.3, 0.4) is 0 Å². The molecule has 0 radical (unpaired) electrons. The number of nitrogens with zero attached hydrogens (tertiary/aromatic N) is 2. The van der Waals surface area contributed by atoms with Crippen LogP contribution in [0, 0.1) is 0 Å². The van der Waals surface area contributed by atoms with Crippen molar-refractivity contribution in [1.82, 2.24) is 14.6 Å². The zero-order valence-corrected chi connectivity index (χ0v) is 16.5. The highest BCUT2D eigenvalue weighted by molar-refractivity contribution is 7.14. The molecule has 0 bridgehead atoms. The highest BCUT2D eigenvalue weighted by Gasteiger charge is 2.18. The minimum absolute atomic E-state index is 0.223. The zero-order valence-electron chi connectivity index (χ0n) is 15.7. The Morgan fingerprint density at radius 1 is 1.11 bits per heavy atom. The Bertz CT molecular complexity index is 1120. The van der Waals surface area contributed by atoms with Crippen molar-refractivity contribution in [3.8, 4) is 21.6 Å². The van der Waals surface area contributed by atoms with E-state index < -0.39 is 6.29 Å². The Morgan fingerprint density at radius 2 is 1.86 bits per heavy atom.